The Labute approximate surface area is 279 Å². The first-order valence-corrected chi connectivity index (χ1v) is 16.2. The maximum atomic E-state index is 14.2. The minimum atomic E-state index is -0.729. The number of thiazole rings is 1. The standard InChI is InChI=1S/C36H29Cl2N3O4S/c1-3-44-28-16-13-23(14-17-28)33-32(34(42)40-27-10-5-4-6-11-27)22(2)39-36-41(33)35(43)31(46-36)20-25-19-26(37)15-18-30(25)45-21-24-9-7-8-12-29(24)38/h4-20,33H,3,21H2,1-2H3,(H,40,42)/b31-20-/t33-/m1/s1. The van der Waals surface area contributed by atoms with Gasteiger partial charge in [0.25, 0.3) is 11.5 Å². The largest absolute Gasteiger partial charge is 0.494 e. The predicted octanol–water partition coefficient (Wildman–Crippen LogP) is 7.16. The highest BCUT2D eigenvalue weighted by Gasteiger charge is 2.32. The predicted molar refractivity (Wildman–Crippen MR) is 184 cm³/mol. The molecule has 1 N–H and O–H groups in total. The number of carbonyl (C=O) groups excluding carboxylic acids is 1. The number of nitrogens with one attached hydrogen (secondary N) is 1. The Morgan fingerprint density at radius 3 is 2.46 bits per heavy atom. The van der Waals surface area contributed by atoms with Gasteiger partial charge in [0.1, 0.15) is 18.1 Å². The van der Waals surface area contributed by atoms with E-state index in [-0.39, 0.29) is 18.1 Å². The Kier molecular flexibility index (Phi) is 9.40. The Morgan fingerprint density at radius 2 is 1.72 bits per heavy atom. The molecule has 0 aliphatic carbocycles. The van der Waals surface area contributed by atoms with E-state index in [4.69, 9.17) is 37.7 Å². The number of ether oxygens (including phenoxy) is 2. The van der Waals surface area contributed by atoms with Crippen molar-refractivity contribution in [1.82, 2.24) is 4.57 Å². The molecule has 2 heterocycles. The van der Waals surface area contributed by atoms with Gasteiger partial charge in [0, 0.05) is 26.9 Å². The number of hydrogen-bond acceptors (Lipinski definition) is 6. The maximum Gasteiger partial charge on any atom is 0.271 e. The van der Waals surface area contributed by atoms with Crippen LogP contribution in [0.5, 0.6) is 11.5 Å². The Bertz CT molecular complexity index is 2120. The highest BCUT2D eigenvalue weighted by atomic mass is 35.5. The van der Waals surface area contributed by atoms with Gasteiger partial charge in [-0.2, -0.15) is 0 Å². The van der Waals surface area contributed by atoms with Crippen LogP contribution in [0.3, 0.4) is 0 Å². The monoisotopic (exact) mass is 669 g/mol. The molecular formula is C36H29Cl2N3O4S. The van der Waals surface area contributed by atoms with Crippen LogP contribution in [0, 0.1) is 0 Å². The summed E-state index contributed by atoms with van der Waals surface area (Å²) in [5.41, 5.74) is 3.44. The van der Waals surface area contributed by atoms with Crippen molar-refractivity contribution in [2.75, 3.05) is 11.9 Å². The van der Waals surface area contributed by atoms with Crippen molar-refractivity contribution < 1.29 is 14.3 Å². The molecule has 0 saturated heterocycles. The summed E-state index contributed by atoms with van der Waals surface area (Å²) in [6, 6.07) is 28.6. The van der Waals surface area contributed by atoms with Gasteiger partial charge in [-0.15, -0.1) is 0 Å². The van der Waals surface area contributed by atoms with E-state index in [1.54, 1.807) is 41.8 Å². The third-order valence-electron chi connectivity index (χ3n) is 7.40. The lowest BCUT2D eigenvalue weighted by Crippen LogP contribution is -2.40. The number of rotatable bonds is 9. The normalized spacial score (nSPS) is 14.4. The molecule has 0 bridgehead atoms. The molecule has 6 rings (SSSR count). The van der Waals surface area contributed by atoms with Gasteiger partial charge in [0.2, 0.25) is 0 Å². The summed E-state index contributed by atoms with van der Waals surface area (Å²) in [4.78, 5) is 33.3. The molecule has 1 aromatic heterocycles. The second-order valence-corrected chi connectivity index (χ2v) is 12.3. The van der Waals surface area contributed by atoms with Crippen LogP contribution in [0.15, 0.2) is 118 Å². The van der Waals surface area contributed by atoms with Crippen LogP contribution in [0.1, 0.15) is 36.6 Å². The van der Waals surface area contributed by atoms with E-state index in [1.807, 2.05) is 79.7 Å². The number of hydrogen-bond donors (Lipinski definition) is 1. The SMILES string of the molecule is CCOc1ccc([C@@H]2C(C(=O)Nc3ccccc3)=C(C)N=c3s/c(=C\c4cc(Cl)ccc4OCc4ccccc4Cl)c(=O)n32)cc1. The summed E-state index contributed by atoms with van der Waals surface area (Å²) in [5.74, 6) is 0.892. The van der Waals surface area contributed by atoms with E-state index in [9.17, 15) is 9.59 Å². The minimum Gasteiger partial charge on any atom is -0.494 e. The van der Waals surface area contributed by atoms with Crippen molar-refractivity contribution in [2.24, 2.45) is 4.99 Å². The van der Waals surface area contributed by atoms with Gasteiger partial charge in [-0.1, -0.05) is 83.1 Å². The van der Waals surface area contributed by atoms with Crippen LogP contribution < -0.4 is 29.7 Å². The molecule has 46 heavy (non-hydrogen) atoms. The molecule has 0 saturated carbocycles. The molecule has 0 spiro atoms. The number of halogens is 2. The maximum absolute atomic E-state index is 14.2. The number of para-hydroxylation sites is 1. The molecule has 10 heteroatoms. The molecule has 5 aromatic rings. The zero-order valence-electron chi connectivity index (χ0n) is 25.0. The molecule has 1 aliphatic rings. The topological polar surface area (TPSA) is 81.9 Å². The third-order valence-corrected chi connectivity index (χ3v) is 8.99. The number of nitrogens with zero attached hydrogens (tertiary/aromatic N) is 2. The number of benzene rings is 4. The van der Waals surface area contributed by atoms with Crippen LogP contribution in [0.2, 0.25) is 10.0 Å². The van der Waals surface area contributed by atoms with Crippen molar-refractivity contribution in [3.05, 3.63) is 155 Å². The summed E-state index contributed by atoms with van der Waals surface area (Å²) >= 11 is 14.0. The highest BCUT2D eigenvalue weighted by Crippen LogP contribution is 2.32. The van der Waals surface area contributed by atoms with Gasteiger partial charge >= 0.3 is 0 Å². The molecular weight excluding hydrogens is 641 g/mol. The van der Waals surface area contributed by atoms with Gasteiger partial charge in [0.05, 0.1) is 28.5 Å². The Balaban J connectivity index is 1.44. The van der Waals surface area contributed by atoms with Crippen LogP contribution in [0.25, 0.3) is 6.08 Å². The van der Waals surface area contributed by atoms with Crippen LogP contribution in [0.4, 0.5) is 5.69 Å². The number of amides is 1. The van der Waals surface area contributed by atoms with Gasteiger partial charge in [-0.25, -0.2) is 4.99 Å². The average Bonchev–Trinajstić information content (AvgIpc) is 3.35. The third kappa shape index (κ3) is 6.65. The lowest BCUT2D eigenvalue weighted by molar-refractivity contribution is -0.113. The van der Waals surface area contributed by atoms with E-state index >= 15 is 0 Å². The summed E-state index contributed by atoms with van der Waals surface area (Å²) in [7, 11) is 0. The second kappa shape index (κ2) is 13.8. The number of allylic oxidation sites excluding steroid dienone is 1. The quantitative estimate of drug-likeness (QED) is 0.181. The van der Waals surface area contributed by atoms with Gasteiger partial charge in [-0.3, -0.25) is 14.2 Å². The first-order chi connectivity index (χ1) is 22.3. The van der Waals surface area contributed by atoms with E-state index in [0.717, 1.165) is 11.1 Å². The smallest absolute Gasteiger partial charge is 0.271 e. The van der Waals surface area contributed by atoms with E-state index in [2.05, 4.69) is 5.32 Å². The van der Waals surface area contributed by atoms with Crippen LogP contribution in [-0.2, 0) is 11.4 Å². The Hall–Kier alpha value is -4.63. The average molecular weight is 671 g/mol. The van der Waals surface area contributed by atoms with E-state index in [0.29, 0.717) is 60.0 Å². The first kappa shape index (κ1) is 31.4. The minimum absolute atomic E-state index is 0.236. The highest BCUT2D eigenvalue weighted by molar-refractivity contribution is 7.07. The van der Waals surface area contributed by atoms with E-state index in [1.165, 1.54) is 11.3 Å². The van der Waals surface area contributed by atoms with Gasteiger partial charge < -0.3 is 14.8 Å². The van der Waals surface area contributed by atoms with Crippen LogP contribution in [-0.4, -0.2) is 17.1 Å². The molecule has 0 unspecified atom stereocenters. The zero-order valence-corrected chi connectivity index (χ0v) is 27.3. The van der Waals surface area contributed by atoms with Crippen molar-refractivity contribution in [3.8, 4) is 11.5 Å². The molecule has 1 atom stereocenters. The fourth-order valence-corrected chi connectivity index (χ4v) is 6.64. The van der Waals surface area contributed by atoms with Crippen molar-refractivity contribution in [2.45, 2.75) is 26.5 Å². The lowest BCUT2D eigenvalue weighted by Gasteiger charge is -2.25. The summed E-state index contributed by atoms with van der Waals surface area (Å²) < 4.78 is 13.8. The summed E-state index contributed by atoms with van der Waals surface area (Å²) in [5, 5.41) is 4.07. The van der Waals surface area contributed by atoms with Crippen molar-refractivity contribution in [1.29, 1.82) is 0 Å². The fraction of sp³-hybridized carbons (Fsp3) is 0.139. The van der Waals surface area contributed by atoms with E-state index < -0.39 is 6.04 Å². The van der Waals surface area contributed by atoms with Gasteiger partial charge in [-0.05, 0) is 74.0 Å². The Morgan fingerprint density at radius 1 is 0.978 bits per heavy atom. The van der Waals surface area contributed by atoms with Crippen molar-refractivity contribution >= 4 is 52.2 Å². The van der Waals surface area contributed by atoms with Crippen LogP contribution >= 0.6 is 34.5 Å². The molecule has 232 valence electrons. The number of fused-ring (bicyclic) bond motifs is 1. The molecule has 4 aromatic carbocycles. The molecule has 0 radical (unpaired) electrons. The summed E-state index contributed by atoms with van der Waals surface area (Å²) in [6.07, 6.45) is 1.75. The summed E-state index contributed by atoms with van der Waals surface area (Å²) in [6.45, 7) is 4.46. The molecule has 7 nitrogen and oxygen atoms in total. The molecule has 1 amide bonds. The second-order valence-electron chi connectivity index (χ2n) is 10.5. The number of carbonyl (C=O) groups is 1. The number of anilines is 1. The van der Waals surface area contributed by atoms with Gasteiger partial charge in [0.15, 0.2) is 4.80 Å². The molecule has 0 fully saturated rings. The fourth-order valence-electron chi connectivity index (χ4n) is 5.24. The lowest BCUT2D eigenvalue weighted by atomic mass is 9.95. The zero-order chi connectivity index (χ0) is 32.2. The first-order valence-electron chi connectivity index (χ1n) is 14.6. The van der Waals surface area contributed by atoms with Crippen molar-refractivity contribution in [3.63, 3.8) is 0 Å². The molecule has 1 aliphatic heterocycles. The number of aromatic nitrogens is 1.